The molecule has 3 amide bonds. The smallest absolute Gasteiger partial charge is 0.319 e. The van der Waals surface area contributed by atoms with Gasteiger partial charge in [-0.15, -0.1) is 0 Å². The molecule has 0 spiro atoms. The molecule has 0 saturated carbocycles. The van der Waals surface area contributed by atoms with Gasteiger partial charge in [0.1, 0.15) is 0 Å². The van der Waals surface area contributed by atoms with E-state index in [4.69, 9.17) is 5.73 Å². The lowest BCUT2D eigenvalue weighted by Gasteiger charge is -2.10. The van der Waals surface area contributed by atoms with Gasteiger partial charge in [-0.25, -0.2) is 4.79 Å². The van der Waals surface area contributed by atoms with Gasteiger partial charge < -0.3 is 21.7 Å². The van der Waals surface area contributed by atoms with E-state index in [9.17, 15) is 9.59 Å². The maximum Gasteiger partial charge on any atom is 0.319 e. The van der Waals surface area contributed by atoms with Gasteiger partial charge >= 0.3 is 6.03 Å². The number of carbonyl (C=O) groups excluding carboxylic acids is 2. The lowest BCUT2D eigenvalue weighted by Crippen LogP contribution is -2.28. The van der Waals surface area contributed by atoms with Crippen molar-refractivity contribution in [2.24, 2.45) is 5.73 Å². The highest BCUT2D eigenvalue weighted by atomic mass is 16.2. The van der Waals surface area contributed by atoms with Crippen molar-refractivity contribution in [3.63, 3.8) is 0 Å². The molecule has 104 valence electrons. The number of benzene rings is 1. The van der Waals surface area contributed by atoms with E-state index in [1.807, 2.05) is 6.92 Å². The van der Waals surface area contributed by atoms with E-state index in [0.717, 1.165) is 0 Å². The summed E-state index contributed by atoms with van der Waals surface area (Å²) in [6, 6.07) is 6.48. The first kappa shape index (κ1) is 15.0. The van der Waals surface area contributed by atoms with Crippen LogP contribution in [0.15, 0.2) is 24.3 Å². The first-order valence-electron chi connectivity index (χ1n) is 6.21. The van der Waals surface area contributed by atoms with Gasteiger partial charge in [-0.3, -0.25) is 4.79 Å². The molecule has 0 aliphatic carbocycles. The molecular formula is C13H20N4O2. The molecular weight excluding hydrogens is 244 g/mol. The van der Waals surface area contributed by atoms with Crippen LogP contribution in [0.25, 0.3) is 0 Å². The first-order chi connectivity index (χ1) is 9.01. The molecule has 0 aromatic heterocycles. The van der Waals surface area contributed by atoms with Crippen LogP contribution in [-0.4, -0.2) is 24.5 Å². The second-order valence-corrected chi connectivity index (χ2v) is 4.29. The van der Waals surface area contributed by atoms with Crippen LogP contribution in [0.2, 0.25) is 0 Å². The monoisotopic (exact) mass is 264 g/mol. The van der Waals surface area contributed by atoms with Crippen LogP contribution < -0.4 is 21.7 Å². The molecule has 1 atom stereocenters. The predicted octanol–water partition coefficient (Wildman–Crippen LogP) is 1.50. The molecule has 1 aromatic rings. The fourth-order valence-corrected chi connectivity index (χ4v) is 1.52. The quantitative estimate of drug-likeness (QED) is 0.649. The Morgan fingerprint density at radius 3 is 2.47 bits per heavy atom. The molecule has 0 aliphatic rings. The number of amides is 3. The van der Waals surface area contributed by atoms with E-state index in [1.54, 1.807) is 31.2 Å². The summed E-state index contributed by atoms with van der Waals surface area (Å²) in [5.74, 6) is -0.148. The molecule has 0 fully saturated rings. The van der Waals surface area contributed by atoms with Crippen molar-refractivity contribution in [3.05, 3.63) is 24.3 Å². The number of nitrogens with two attached hydrogens (primary N) is 1. The number of anilines is 2. The second-order valence-electron chi connectivity index (χ2n) is 4.29. The van der Waals surface area contributed by atoms with Crippen LogP contribution in [-0.2, 0) is 4.79 Å². The highest BCUT2D eigenvalue weighted by Gasteiger charge is 2.06. The number of hydrogen-bond acceptors (Lipinski definition) is 3. The number of nitrogens with one attached hydrogen (secondary N) is 3. The summed E-state index contributed by atoms with van der Waals surface area (Å²) in [5.41, 5.74) is 6.79. The van der Waals surface area contributed by atoms with Crippen LogP contribution in [0.5, 0.6) is 0 Å². The Balaban J connectivity index is 2.61. The molecule has 0 radical (unpaired) electrons. The van der Waals surface area contributed by atoms with Gasteiger partial charge in [-0.05, 0) is 32.0 Å². The molecule has 0 aliphatic heterocycles. The van der Waals surface area contributed by atoms with Crippen molar-refractivity contribution < 1.29 is 9.59 Å². The number of carbonyl (C=O) groups is 2. The standard InChI is InChI=1S/C13H20N4O2/c1-3-15-13(19)17-11-6-4-5-10(8-11)16-12(18)7-9(2)14/h4-6,8-9H,3,7,14H2,1-2H3,(H,16,18)(H2,15,17,19). The Kier molecular flexibility index (Phi) is 5.81. The molecule has 5 N–H and O–H groups in total. The summed E-state index contributed by atoms with van der Waals surface area (Å²) >= 11 is 0. The van der Waals surface area contributed by atoms with E-state index in [2.05, 4.69) is 16.0 Å². The maximum absolute atomic E-state index is 11.6. The van der Waals surface area contributed by atoms with Crippen LogP contribution >= 0.6 is 0 Å². The zero-order valence-electron chi connectivity index (χ0n) is 11.2. The summed E-state index contributed by atoms with van der Waals surface area (Å²) < 4.78 is 0. The molecule has 6 heteroatoms. The fraction of sp³-hybridized carbons (Fsp3) is 0.385. The van der Waals surface area contributed by atoms with Gasteiger partial charge in [0, 0.05) is 30.4 Å². The minimum absolute atomic E-state index is 0.148. The van der Waals surface area contributed by atoms with Crippen LogP contribution in [0.3, 0.4) is 0 Å². The Bertz CT molecular complexity index is 446. The molecule has 6 nitrogen and oxygen atoms in total. The van der Waals surface area contributed by atoms with Gasteiger partial charge in [0.25, 0.3) is 0 Å². The van der Waals surface area contributed by atoms with Gasteiger partial charge in [-0.1, -0.05) is 6.07 Å². The van der Waals surface area contributed by atoms with E-state index in [0.29, 0.717) is 17.9 Å². The number of hydrogen-bond donors (Lipinski definition) is 4. The van der Waals surface area contributed by atoms with Crippen LogP contribution in [0, 0.1) is 0 Å². The minimum atomic E-state index is -0.276. The summed E-state index contributed by atoms with van der Waals surface area (Å²) in [6.07, 6.45) is 0.258. The lowest BCUT2D eigenvalue weighted by atomic mass is 10.2. The van der Waals surface area contributed by atoms with Gasteiger partial charge in [0.05, 0.1) is 0 Å². The molecule has 1 unspecified atom stereocenters. The lowest BCUT2D eigenvalue weighted by molar-refractivity contribution is -0.116. The highest BCUT2D eigenvalue weighted by Crippen LogP contribution is 2.15. The third kappa shape index (κ3) is 5.87. The van der Waals surface area contributed by atoms with Crippen molar-refractivity contribution in [3.8, 4) is 0 Å². The Hall–Kier alpha value is -2.08. The van der Waals surface area contributed by atoms with E-state index < -0.39 is 0 Å². The molecule has 19 heavy (non-hydrogen) atoms. The Morgan fingerprint density at radius 1 is 1.26 bits per heavy atom. The van der Waals surface area contributed by atoms with Gasteiger partial charge in [-0.2, -0.15) is 0 Å². The maximum atomic E-state index is 11.6. The van der Waals surface area contributed by atoms with Gasteiger partial charge in [0.2, 0.25) is 5.91 Å². The third-order valence-corrected chi connectivity index (χ3v) is 2.25. The molecule has 1 aromatic carbocycles. The molecule has 0 heterocycles. The van der Waals surface area contributed by atoms with Crippen molar-refractivity contribution in [2.45, 2.75) is 26.3 Å². The zero-order valence-corrected chi connectivity index (χ0v) is 11.2. The molecule has 1 rings (SSSR count). The number of urea groups is 1. The highest BCUT2D eigenvalue weighted by molar-refractivity contribution is 5.93. The molecule has 0 saturated heterocycles. The topological polar surface area (TPSA) is 96.2 Å². The predicted molar refractivity (Wildman–Crippen MR) is 76.0 cm³/mol. The average molecular weight is 264 g/mol. The first-order valence-corrected chi connectivity index (χ1v) is 6.21. The van der Waals surface area contributed by atoms with E-state index in [-0.39, 0.29) is 24.4 Å². The van der Waals surface area contributed by atoms with E-state index in [1.165, 1.54) is 0 Å². The van der Waals surface area contributed by atoms with Crippen molar-refractivity contribution in [1.82, 2.24) is 5.32 Å². The van der Waals surface area contributed by atoms with Crippen LogP contribution in [0.4, 0.5) is 16.2 Å². The summed E-state index contributed by atoms with van der Waals surface area (Å²) in [5, 5.41) is 8.03. The molecule has 0 bridgehead atoms. The third-order valence-electron chi connectivity index (χ3n) is 2.25. The Labute approximate surface area is 112 Å². The van der Waals surface area contributed by atoms with Crippen molar-refractivity contribution >= 4 is 23.3 Å². The van der Waals surface area contributed by atoms with E-state index >= 15 is 0 Å². The number of rotatable bonds is 5. The SMILES string of the molecule is CCNC(=O)Nc1cccc(NC(=O)CC(C)N)c1. The van der Waals surface area contributed by atoms with Gasteiger partial charge in [0.15, 0.2) is 0 Å². The average Bonchev–Trinajstić information content (AvgIpc) is 2.28. The summed E-state index contributed by atoms with van der Waals surface area (Å²) in [4.78, 5) is 22.9. The fourth-order valence-electron chi connectivity index (χ4n) is 1.52. The summed E-state index contributed by atoms with van der Waals surface area (Å²) in [7, 11) is 0. The zero-order chi connectivity index (χ0) is 14.3. The van der Waals surface area contributed by atoms with Crippen molar-refractivity contribution in [2.75, 3.05) is 17.2 Å². The minimum Gasteiger partial charge on any atom is -0.338 e. The largest absolute Gasteiger partial charge is 0.338 e. The van der Waals surface area contributed by atoms with Crippen molar-refractivity contribution in [1.29, 1.82) is 0 Å². The van der Waals surface area contributed by atoms with Crippen LogP contribution in [0.1, 0.15) is 20.3 Å². The Morgan fingerprint density at radius 2 is 1.89 bits per heavy atom. The normalized spacial score (nSPS) is 11.5. The second kappa shape index (κ2) is 7.38. The summed E-state index contributed by atoms with van der Waals surface area (Å²) in [6.45, 7) is 4.16.